The van der Waals surface area contributed by atoms with Crippen molar-refractivity contribution in [3.8, 4) is 0 Å². The summed E-state index contributed by atoms with van der Waals surface area (Å²) in [5, 5.41) is 3.83. The molecule has 1 aromatic rings. The van der Waals surface area contributed by atoms with Crippen LogP contribution in [-0.4, -0.2) is 11.0 Å². The van der Waals surface area contributed by atoms with E-state index in [1.807, 2.05) is 0 Å². The van der Waals surface area contributed by atoms with Crippen LogP contribution in [0.5, 0.6) is 0 Å². The Kier molecular flexibility index (Phi) is 4.53. The summed E-state index contributed by atoms with van der Waals surface area (Å²) in [6.45, 7) is 13.5. The number of aromatic nitrogens is 1. The van der Waals surface area contributed by atoms with Crippen LogP contribution in [0.4, 0.5) is 0 Å². The number of nitrogens with one attached hydrogen (secondary N) is 1. The Balaban J connectivity index is 2.04. The molecule has 0 amide bonds. The Morgan fingerprint density at radius 1 is 1.20 bits per heavy atom. The molecular formula is C18H30N2. The molecule has 0 spiro atoms. The smallest absolute Gasteiger partial charge is 0.0426 e. The lowest BCUT2D eigenvalue weighted by Crippen LogP contribution is -2.37. The molecule has 2 rings (SSSR count). The number of nitrogens with zero attached hydrogens (tertiary/aromatic N) is 1. The van der Waals surface area contributed by atoms with Crippen molar-refractivity contribution >= 4 is 0 Å². The van der Waals surface area contributed by atoms with Crippen LogP contribution in [-0.2, 0) is 0 Å². The molecule has 0 aromatic carbocycles. The van der Waals surface area contributed by atoms with Crippen molar-refractivity contribution in [1.82, 2.24) is 10.3 Å². The summed E-state index contributed by atoms with van der Waals surface area (Å²) >= 11 is 0. The molecule has 0 saturated heterocycles. The minimum absolute atomic E-state index is 0.398. The molecule has 2 heteroatoms. The third kappa shape index (κ3) is 3.60. The Morgan fingerprint density at radius 2 is 1.80 bits per heavy atom. The van der Waals surface area contributed by atoms with Gasteiger partial charge in [-0.1, -0.05) is 13.8 Å². The summed E-state index contributed by atoms with van der Waals surface area (Å²) in [6.07, 6.45) is 5.27. The molecule has 1 fully saturated rings. The van der Waals surface area contributed by atoms with Crippen LogP contribution in [0.15, 0.2) is 6.07 Å². The summed E-state index contributed by atoms with van der Waals surface area (Å²) in [5.41, 5.74) is 5.60. The van der Waals surface area contributed by atoms with Crippen molar-refractivity contribution in [1.29, 1.82) is 0 Å². The molecule has 0 radical (unpaired) electrons. The van der Waals surface area contributed by atoms with Crippen molar-refractivity contribution in [2.75, 3.05) is 0 Å². The largest absolute Gasteiger partial charge is 0.307 e. The molecule has 1 atom stereocenters. The van der Waals surface area contributed by atoms with Gasteiger partial charge in [0.2, 0.25) is 0 Å². The normalized spacial score (nSPS) is 20.9. The first-order valence-corrected chi connectivity index (χ1v) is 7.99. The van der Waals surface area contributed by atoms with Gasteiger partial charge < -0.3 is 5.32 Å². The minimum Gasteiger partial charge on any atom is -0.307 e. The zero-order valence-corrected chi connectivity index (χ0v) is 14.0. The molecule has 1 N–H and O–H groups in total. The monoisotopic (exact) mass is 274 g/mol. The number of aryl methyl sites for hydroxylation is 3. The van der Waals surface area contributed by atoms with Gasteiger partial charge in [0.05, 0.1) is 0 Å². The Morgan fingerprint density at radius 3 is 2.35 bits per heavy atom. The quantitative estimate of drug-likeness (QED) is 0.869. The van der Waals surface area contributed by atoms with Gasteiger partial charge in [-0.2, -0.15) is 0 Å². The maximum Gasteiger partial charge on any atom is 0.0426 e. The number of hydrogen-bond acceptors (Lipinski definition) is 2. The van der Waals surface area contributed by atoms with Crippen molar-refractivity contribution in [2.24, 2.45) is 5.41 Å². The minimum atomic E-state index is 0.398. The fourth-order valence-corrected chi connectivity index (χ4v) is 3.69. The third-order valence-electron chi connectivity index (χ3n) is 4.84. The lowest BCUT2D eigenvalue weighted by molar-refractivity contribution is 0.199. The molecule has 1 aromatic heterocycles. The van der Waals surface area contributed by atoms with Gasteiger partial charge in [-0.05, 0) is 76.0 Å². The van der Waals surface area contributed by atoms with E-state index in [0.717, 1.165) is 5.69 Å². The summed E-state index contributed by atoms with van der Waals surface area (Å²) in [7, 11) is 0. The van der Waals surface area contributed by atoms with Gasteiger partial charge in [0.1, 0.15) is 0 Å². The van der Waals surface area contributed by atoms with Gasteiger partial charge in [0.25, 0.3) is 0 Å². The standard InChI is InChI=1S/C18H30N2/c1-12-11-13(2)19-14(3)17(12)15(4)20-16-7-9-18(5,6)10-8-16/h11,15-16,20H,7-10H2,1-6H3. The summed E-state index contributed by atoms with van der Waals surface area (Å²) < 4.78 is 0. The topological polar surface area (TPSA) is 24.9 Å². The Hall–Kier alpha value is -0.890. The predicted octanol–water partition coefficient (Wildman–Crippen LogP) is 4.63. The van der Waals surface area contributed by atoms with Crippen LogP contribution in [0, 0.1) is 26.2 Å². The van der Waals surface area contributed by atoms with Crippen LogP contribution >= 0.6 is 0 Å². The first-order chi connectivity index (χ1) is 9.28. The van der Waals surface area contributed by atoms with Crippen molar-refractivity contribution < 1.29 is 0 Å². The van der Waals surface area contributed by atoms with E-state index in [1.165, 1.54) is 42.5 Å². The lowest BCUT2D eigenvalue weighted by atomic mass is 9.75. The molecule has 0 aliphatic heterocycles. The van der Waals surface area contributed by atoms with E-state index in [9.17, 15) is 0 Å². The van der Waals surface area contributed by atoms with E-state index in [0.29, 0.717) is 17.5 Å². The number of hydrogen-bond donors (Lipinski definition) is 1. The first-order valence-electron chi connectivity index (χ1n) is 7.99. The molecule has 112 valence electrons. The number of pyridine rings is 1. The van der Waals surface area contributed by atoms with E-state index in [4.69, 9.17) is 0 Å². The maximum absolute atomic E-state index is 4.63. The second kappa shape index (κ2) is 5.85. The van der Waals surface area contributed by atoms with Gasteiger partial charge in [-0.15, -0.1) is 0 Å². The zero-order valence-electron chi connectivity index (χ0n) is 14.0. The van der Waals surface area contributed by atoms with Gasteiger partial charge in [0, 0.05) is 23.5 Å². The Labute approximate surface area is 124 Å². The van der Waals surface area contributed by atoms with Gasteiger partial charge >= 0.3 is 0 Å². The average molecular weight is 274 g/mol. The van der Waals surface area contributed by atoms with E-state index in [2.05, 4.69) is 57.9 Å². The fraction of sp³-hybridized carbons (Fsp3) is 0.722. The summed E-state index contributed by atoms with van der Waals surface area (Å²) in [5.74, 6) is 0. The molecular weight excluding hydrogens is 244 g/mol. The van der Waals surface area contributed by atoms with Crippen LogP contribution in [0.1, 0.15) is 75.0 Å². The Bertz CT molecular complexity index is 443. The van der Waals surface area contributed by atoms with E-state index in [1.54, 1.807) is 0 Å². The molecule has 2 nitrogen and oxygen atoms in total. The third-order valence-corrected chi connectivity index (χ3v) is 4.84. The zero-order chi connectivity index (χ0) is 14.9. The van der Waals surface area contributed by atoms with Gasteiger partial charge in [-0.3, -0.25) is 4.98 Å². The molecule has 20 heavy (non-hydrogen) atoms. The molecule has 0 bridgehead atoms. The summed E-state index contributed by atoms with van der Waals surface area (Å²) in [4.78, 5) is 4.63. The number of rotatable bonds is 3. The van der Waals surface area contributed by atoms with Crippen molar-refractivity contribution in [3.63, 3.8) is 0 Å². The van der Waals surface area contributed by atoms with Crippen molar-refractivity contribution in [2.45, 2.75) is 79.3 Å². The van der Waals surface area contributed by atoms with E-state index >= 15 is 0 Å². The summed E-state index contributed by atoms with van der Waals surface area (Å²) in [6, 6.07) is 3.26. The lowest BCUT2D eigenvalue weighted by Gasteiger charge is -2.36. The molecule has 1 saturated carbocycles. The van der Waals surface area contributed by atoms with E-state index in [-0.39, 0.29) is 0 Å². The highest BCUT2D eigenvalue weighted by Crippen LogP contribution is 2.36. The highest BCUT2D eigenvalue weighted by Gasteiger charge is 2.28. The predicted molar refractivity (Wildman–Crippen MR) is 86.0 cm³/mol. The highest BCUT2D eigenvalue weighted by atomic mass is 15.0. The second-order valence-corrected chi connectivity index (χ2v) is 7.41. The molecule has 1 aliphatic rings. The fourth-order valence-electron chi connectivity index (χ4n) is 3.69. The van der Waals surface area contributed by atoms with Crippen LogP contribution < -0.4 is 5.32 Å². The SMILES string of the molecule is Cc1cc(C)c(C(C)NC2CCC(C)(C)CC2)c(C)n1. The van der Waals surface area contributed by atoms with Crippen LogP contribution in [0.25, 0.3) is 0 Å². The maximum atomic E-state index is 4.63. The van der Waals surface area contributed by atoms with Crippen LogP contribution in [0.3, 0.4) is 0 Å². The second-order valence-electron chi connectivity index (χ2n) is 7.41. The van der Waals surface area contributed by atoms with Crippen LogP contribution in [0.2, 0.25) is 0 Å². The first kappa shape index (κ1) is 15.5. The highest BCUT2D eigenvalue weighted by molar-refractivity contribution is 5.33. The van der Waals surface area contributed by atoms with Crippen molar-refractivity contribution in [3.05, 3.63) is 28.6 Å². The molecule has 1 heterocycles. The van der Waals surface area contributed by atoms with Gasteiger partial charge in [0.15, 0.2) is 0 Å². The average Bonchev–Trinajstić information content (AvgIpc) is 2.30. The van der Waals surface area contributed by atoms with E-state index < -0.39 is 0 Å². The molecule has 1 unspecified atom stereocenters. The molecule has 1 aliphatic carbocycles. The van der Waals surface area contributed by atoms with Gasteiger partial charge in [-0.25, -0.2) is 0 Å².